The van der Waals surface area contributed by atoms with Crippen molar-refractivity contribution in [2.75, 3.05) is 30.9 Å². The number of nitrogens with zero attached hydrogens (tertiary/aromatic N) is 1. The third kappa shape index (κ3) is 2.19. The van der Waals surface area contributed by atoms with Gasteiger partial charge in [-0.15, -0.1) is 0 Å². The molecule has 92 valence electrons. The van der Waals surface area contributed by atoms with Crippen LogP contribution in [0.3, 0.4) is 0 Å². The summed E-state index contributed by atoms with van der Waals surface area (Å²) in [5.41, 5.74) is 7.18. The van der Waals surface area contributed by atoms with Crippen molar-refractivity contribution in [3.8, 4) is 0 Å². The van der Waals surface area contributed by atoms with Gasteiger partial charge in [-0.05, 0) is 18.6 Å². The van der Waals surface area contributed by atoms with E-state index in [1.807, 2.05) is 11.9 Å². The van der Waals surface area contributed by atoms with E-state index in [1.54, 1.807) is 18.2 Å². The molecule has 1 aromatic carbocycles. The first-order chi connectivity index (χ1) is 8.11. The van der Waals surface area contributed by atoms with Crippen LogP contribution in [0.1, 0.15) is 16.8 Å². The Morgan fingerprint density at radius 3 is 2.94 bits per heavy atom. The minimum atomic E-state index is -0.960. The quantitative estimate of drug-likeness (QED) is 0.771. The molecule has 0 aromatic heterocycles. The highest BCUT2D eigenvalue weighted by molar-refractivity contribution is 5.98. The summed E-state index contributed by atoms with van der Waals surface area (Å²) in [6.45, 7) is 1.33. The van der Waals surface area contributed by atoms with Crippen molar-refractivity contribution >= 4 is 17.3 Å². The number of aromatic carboxylic acids is 1. The third-order valence-electron chi connectivity index (χ3n) is 3.10. The van der Waals surface area contributed by atoms with E-state index in [1.165, 1.54) is 0 Å². The molecule has 1 unspecified atom stereocenters. The number of carboxylic acid groups (broad SMARTS) is 1. The molecule has 1 fully saturated rings. The fraction of sp³-hybridized carbons (Fsp3) is 0.417. The Hall–Kier alpha value is -1.75. The lowest BCUT2D eigenvalue weighted by molar-refractivity contribution is 0.0697. The average Bonchev–Trinajstić information content (AvgIpc) is 2.81. The van der Waals surface area contributed by atoms with Crippen molar-refractivity contribution in [1.29, 1.82) is 0 Å². The molecule has 1 aliphatic rings. The summed E-state index contributed by atoms with van der Waals surface area (Å²) < 4.78 is 5.31. The van der Waals surface area contributed by atoms with Gasteiger partial charge in [0.2, 0.25) is 0 Å². The molecule has 5 heteroatoms. The summed E-state index contributed by atoms with van der Waals surface area (Å²) >= 11 is 0. The summed E-state index contributed by atoms with van der Waals surface area (Å²) in [4.78, 5) is 13.1. The van der Waals surface area contributed by atoms with Crippen molar-refractivity contribution in [3.05, 3.63) is 23.8 Å². The van der Waals surface area contributed by atoms with Gasteiger partial charge in [0.25, 0.3) is 0 Å². The summed E-state index contributed by atoms with van der Waals surface area (Å²) in [5, 5.41) is 9.17. The van der Waals surface area contributed by atoms with Crippen molar-refractivity contribution < 1.29 is 14.6 Å². The first kappa shape index (κ1) is 11.7. The number of hydrogen-bond donors (Lipinski definition) is 2. The highest BCUT2D eigenvalue weighted by Gasteiger charge is 2.25. The highest BCUT2D eigenvalue weighted by Crippen LogP contribution is 2.30. The minimum Gasteiger partial charge on any atom is -0.478 e. The monoisotopic (exact) mass is 236 g/mol. The van der Waals surface area contributed by atoms with Gasteiger partial charge in [-0.2, -0.15) is 0 Å². The lowest BCUT2D eigenvalue weighted by Gasteiger charge is -2.28. The predicted octanol–water partition coefficient (Wildman–Crippen LogP) is 1.19. The topological polar surface area (TPSA) is 75.8 Å². The molecular weight excluding hydrogens is 220 g/mol. The minimum absolute atomic E-state index is 0.192. The lowest BCUT2D eigenvalue weighted by Crippen LogP contribution is -2.33. The Bertz CT molecular complexity index is 428. The van der Waals surface area contributed by atoms with Crippen LogP contribution < -0.4 is 10.6 Å². The molecule has 1 aliphatic heterocycles. The van der Waals surface area contributed by atoms with Gasteiger partial charge in [-0.3, -0.25) is 0 Å². The molecule has 1 heterocycles. The Balaban J connectivity index is 2.38. The van der Waals surface area contributed by atoms with Crippen LogP contribution in [0, 0.1) is 0 Å². The number of nitrogen functional groups attached to an aromatic ring is 1. The zero-order chi connectivity index (χ0) is 12.4. The Morgan fingerprint density at radius 2 is 2.35 bits per heavy atom. The predicted molar refractivity (Wildman–Crippen MR) is 65.4 cm³/mol. The molecular formula is C12H16N2O3. The lowest BCUT2D eigenvalue weighted by atomic mass is 10.1. The molecule has 0 aliphatic carbocycles. The second-order valence-electron chi connectivity index (χ2n) is 4.18. The van der Waals surface area contributed by atoms with E-state index in [9.17, 15) is 4.79 Å². The number of carbonyl (C=O) groups is 1. The second kappa shape index (κ2) is 4.63. The molecule has 1 saturated heterocycles. The number of ether oxygens (including phenoxy) is 1. The Morgan fingerprint density at radius 1 is 1.59 bits per heavy atom. The van der Waals surface area contributed by atoms with Crippen molar-refractivity contribution in [1.82, 2.24) is 0 Å². The van der Waals surface area contributed by atoms with Gasteiger partial charge in [0.15, 0.2) is 0 Å². The van der Waals surface area contributed by atoms with Gasteiger partial charge >= 0.3 is 5.97 Å². The Labute approximate surface area is 99.8 Å². The van der Waals surface area contributed by atoms with Gasteiger partial charge in [0, 0.05) is 13.7 Å². The van der Waals surface area contributed by atoms with E-state index in [4.69, 9.17) is 15.6 Å². The highest BCUT2D eigenvalue weighted by atomic mass is 16.5. The second-order valence-corrected chi connectivity index (χ2v) is 4.18. The molecule has 1 aromatic rings. The molecule has 17 heavy (non-hydrogen) atoms. The van der Waals surface area contributed by atoms with Gasteiger partial charge < -0.3 is 20.5 Å². The zero-order valence-electron chi connectivity index (χ0n) is 9.72. The van der Waals surface area contributed by atoms with Crippen LogP contribution in [0.5, 0.6) is 0 Å². The van der Waals surface area contributed by atoms with Gasteiger partial charge in [0.1, 0.15) is 0 Å². The number of anilines is 2. The fourth-order valence-corrected chi connectivity index (χ4v) is 2.14. The van der Waals surface area contributed by atoms with Crippen LogP contribution in [0.2, 0.25) is 0 Å². The van der Waals surface area contributed by atoms with Crippen LogP contribution in [-0.4, -0.2) is 37.4 Å². The molecule has 5 nitrogen and oxygen atoms in total. The van der Waals surface area contributed by atoms with Gasteiger partial charge in [0.05, 0.1) is 29.6 Å². The molecule has 0 spiro atoms. The smallest absolute Gasteiger partial charge is 0.337 e. The summed E-state index contributed by atoms with van der Waals surface area (Å²) in [7, 11) is 1.86. The first-order valence-corrected chi connectivity index (χ1v) is 5.53. The number of rotatable bonds is 3. The summed E-state index contributed by atoms with van der Waals surface area (Å²) in [6.07, 6.45) is 0.893. The standard InChI is InChI=1S/C12H16N2O3/c1-14(8-5-6-17-7-8)11-9(12(15)16)3-2-4-10(11)13/h2-4,8H,5-7,13H2,1H3,(H,15,16). The van der Waals surface area contributed by atoms with E-state index in [2.05, 4.69) is 0 Å². The van der Waals surface area contributed by atoms with Crippen molar-refractivity contribution in [2.24, 2.45) is 0 Å². The average molecular weight is 236 g/mol. The fourth-order valence-electron chi connectivity index (χ4n) is 2.14. The molecule has 0 saturated carbocycles. The maximum atomic E-state index is 11.2. The van der Waals surface area contributed by atoms with Crippen LogP contribution in [0.25, 0.3) is 0 Å². The number of carboxylic acids is 1. The maximum Gasteiger partial charge on any atom is 0.337 e. The van der Waals surface area contributed by atoms with E-state index in [0.717, 1.165) is 6.42 Å². The number of hydrogen-bond acceptors (Lipinski definition) is 4. The van der Waals surface area contributed by atoms with Gasteiger partial charge in [-0.1, -0.05) is 6.07 Å². The van der Waals surface area contributed by atoms with Crippen LogP contribution >= 0.6 is 0 Å². The summed E-state index contributed by atoms with van der Waals surface area (Å²) in [6, 6.07) is 5.13. The van der Waals surface area contributed by atoms with E-state index >= 15 is 0 Å². The number of benzene rings is 1. The number of para-hydroxylation sites is 1. The molecule has 3 N–H and O–H groups in total. The maximum absolute atomic E-state index is 11.2. The SMILES string of the molecule is CN(c1c(N)cccc1C(=O)O)C1CCOC1. The van der Waals surface area contributed by atoms with Crippen molar-refractivity contribution in [3.63, 3.8) is 0 Å². The van der Waals surface area contributed by atoms with Crippen LogP contribution in [0.4, 0.5) is 11.4 Å². The molecule has 1 atom stereocenters. The van der Waals surface area contributed by atoms with E-state index in [-0.39, 0.29) is 11.6 Å². The number of likely N-dealkylation sites (N-methyl/N-ethyl adjacent to an activating group) is 1. The van der Waals surface area contributed by atoms with E-state index in [0.29, 0.717) is 24.6 Å². The largest absolute Gasteiger partial charge is 0.478 e. The number of nitrogens with two attached hydrogens (primary N) is 1. The normalized spacial score (nSPS) is 19.2. The molecule has 0 radical (unpaired) electrons. The summed E-state index contributed by atoms with van der Waals surface area (Å²) in [5.74, 6) is -0.960. The van der Waals surface area contributed by atoms with Crippen molar-refractivity contribution in [2.45, 2.75) is 12.5 Å². The Kier molecular flexibility index (Phi) is 3.19. The van der Waals surface area contributed by atoms with Crippen LogP contribution in [-0.2, 0) is 4.74 Å². The first-order valence-electron chi connectivity index (χ1n) is 5.53. The molecule has 0 bridgehead atoms. The van der Waals surface area contributed by atoms with Crippen LogP contribution in [0.15, 0.2) is 18.2 Å². The molecule has 2 rings (SSSR count). The van der Waals surface area contributed by atoms with Gasteiger partial charge in [-0.25, -0.2) is 4.79 Å². The molecule has 0 amide bonds. The zero-order valence-corrected chi connectivity index (χ0v) is 9.72. The third-order valence-corrected chi connectivity index (χ3v) is 3.10. The van der Waals surface area contributed by atoms with E-state index < -0.39 is 5.97 Å².